The zero-order valence-electron chi connectivity index (χ0n) is 11.9. The molecule has 2 rings (SSSR count). The summed E-state index contributed by atoms with van der Waals surface area (Å²) in [4.78, 5) is 0. The molecule has 3 nitrogen and oxygen atoms in total. The molecule has 1 saturated carbocycles. The third-order valence-corrected chi connectivity index (χ3v) is 3.86. The Kier molecular flexibility index (Phi) is 5.52. The van der Waals surface area contributed by atoms with Crippen molar-refractivity contribution in [2.24, 2.45) is 11.7 Å². The average molecular weight is 263 g/mol. The standard InChI is InChI=1S/C16H25NO2/c1-18-16-11-13(9-10-17)7-8-15(16)19-12-14-5-3-2-4-6-14/h7-8,11,14H,2-6,9-10,12,17H2,1H3. The lowest BCUT2D eigenvalue weighted by Crippen LogP contribution is -2.15. The van der Waals surface area contributed by atoms with Gasteiger partial charge < -0.3 is 15.2 Å². The molecule has 0 unspecified atom stereocenters. The average Bonchev–Trinajstić information content (AvgIpc) is 2.47. The minimum Gasteiger partial charge on any atom is -0.493 e. The Morgan fingerprint density at radius 3 is 2.63 bits per heavy atom. The molecular weight excluding hydrogens is 238 g/mol. The third-order valence-electron chi connectivity index (χ3n) is 3.86. The van der Waals surface area contributed by atoms with Crippen LogP contribution < -0.4 is 15.2 Å². The van der Waals surface area contributed by atoms with Gasteiger partial charge in [-0.1, -0.05) is 25.3 Å². The second-order valence-corrected chi connectivity index (χ2v) is 5.34. The molecule has 0 aromatic heterocycles. The van der Waals surface area contributed by atoms with Gasteiger partial charge >= 0.3 is 0 Å². The minimum absolute atomic E-state index is 0.658. The van der Waals surface area contributed by atoms with Crippen LogP contribution in [0.4, 0.5) is 0 Å². The van der Waals surface area contributed by atoms with Gasteiger partial charge in [-0.05, 0) is 49.4 Å². The Bertz CT molecular complexity index is 386. The SMILES string of the molecule is COc1cc(CCN)ccc1OCC1CCCCC1. The summed E-state index contributed by atoms with van der Waals surface area (Å²) in [6.07, 6.45) is 7.55. The summed E-state index contributed by atoms with van der Waals surface area (Å²) in [7, 11) is 1.69. The Morgan fingerprint density at radius 2 is 1.95 bits per heavy atom. The number of hydrogen-bond donors (Lipinski definition) is 1. The maximum Gasteiger partial charge on any atom is 0.161 e. The normalized spacial score (nSPS) is 16.3. The highest BCUT2D eigenvalue weighted by atomic mass is 16.5. The van der Waals surface area contributed by atoms with E-state index < -0.39 is 0 Å². The van der Waals surface area contributed by atoms with E-state index in [0.717, 1.165) is 24.5 Å². The molecule has 1 aliphatic carbocycles. The first-order chi connectivity index (χ1) is 9.33. The number of hydrogen-bond acceptors (Lipinski definition) is 3. The third kappa shape index (κ3) is 4.13. The van der Waals surface area contributed by atoms with Gasteiger partial charge in [-0.15, -0.1) is 0 Å². The molecule has 1 fully saturated rings. The molecule has 106 valence electrons. The first kappa shape index (κ1) is 14.2. The molecule has 0 spiro atoms. The van der Waals surface area contributed by atoms with Crippen molar-refractivity contribution in [3.8, 4) is 11.5 Å². The van der Waals surface area contributed by atoms with Gasteiger partial charge in [0.05, 0.1) is 13.7 Å². The van der Waals surface area contributed by atoms with Crippen molar-refractivity contribution < 1.29 is 9.47 Å². The van der Waals surface area contributed by atoms with E-state index in [0.29, 0.717) is 12.5 Å². The van der Waals surface area contributed by atoms with Crippen molar-refractivity contribution in [3.63, 3.8) is 0 Å². The fourth-order valence-corrected chi connectivity index (χ4v) is 2.71. The quantitative estimate of drug-likeness (QED) is 0.857. The molecule has 1 aromatic carbocycles. The number of nitrogens with two attached hydrogens (primary N) is 1. The monoisotopic (exact) mass is 263 g/mol. The molecule has 0 saturated heterocycles. The lowest BCUT2D eigenvalue weighted by atomic mass is 9.90. The summed E-state index contributed by atoms with van der Waals surface area (Å²) >= 11 is 0. The van der Waals surface area contributed by atoms with Crippen LogP contribution in [0.2, 0.25) is 0 Å². The lowest BCUT2D eigenvalue weighted by molar-refractivity contribution is 0.202. The predicted molar refractivity (Wildman–Crippen MR) is 77.8 cm³/mol. The first-order valence-electron chi connectivity index (χ1n) is 7.33. The molecule has 0 amide bonds. The van der Waals surface area contributed by atoms with Crippen molar-refractivity contribution in [1.82, 2.24) is 0 Å². The highest BCUT2D eigenvalue weighted by Crippen LogP contribution is 2.30. The molecule has 1 aromatic rings. The van der Waals surface area contributed by atoms with Crippen LogP contribution in [0, 0.1) is 5.92 Å². The van der Waals surface area contributed by atoms with Crippen LogP contribution in [0.5, 0.6) is 11.5 Å². The van der Waals surface area contributed by atoms with Crippen molar-refractivity contribution >= 4 is 0 Å². The van der Waals surface area contributed by atoms with Gasteiger partial charge in [0.15, 0.2) is 11.5 Å². The van der Waals surface area contributed by atoms with Gasteiger partial charge in [-0.25, -0.2) is 0 Å². The van der Waals surface area contributed by atoms with Crippen molar-refractivity contribution in [2.45, 2.75) is 38.5 Å². The topological polar surface area (TPSA) is 44.5 Å². The Hall–Kier alpha value is -1.22. The molecule has 1 aliphatic rings. The van der Waals surface area contributed by atoms with Gasteiger partial charge in [0.25, 0.3) is 0 Å². The van der Waals surface area contributed by atoms with Crippen LogP contribution in [-0.2, 0) is 6.42 Å². The largest absolute Gasteiger partial charge is 0.493 e. The van der Waals surface area contributed by atoms with Crippen LogP contribution in [0.3, 0.4) is 0 Å². The fraction of sp³-hybridized carbons (Fsp3) is 0.625. The van der Waals surface area contributed by atoms with E-state index in [9.17, 15) is 0 Å². The number of methoxy groups -OCH3 is 1. The minimum atomic E-state index is 0.658. The summed E-state index contributed by atoms with van der Waals surface area (Å²) in [5.41, 5.74) is 6.77. The number of ether oxygens (including phenoxy) is 2. The van der Waals surface area contributed by atoms with Crippen LogP contribution >= 0.6 is 0 Å². The van der Waals surface area contributed by atoms with E-state index in [4.69, 9.17) is 15.2 Å². The van der Waals surface area contributed by atoms with Gasteiger partial charge in [0.2, 0.25) is 0 Å². The number of rotatable bonds is 6. The van der Waals surface area contributed by atoms with Gasteiger partial charge in [0, 0.05) is 0 Å². The second-order valence-electron chi connectivity index (χ2n) is 5.34. The van der Waals surface area contributed by atoms with Crippen molar-refractivity contribution in [2.75, 3.05) is 20.3 Å². The van der Waals surface area contributed by atoms with Crippen molar-refractivity contribution in [3.05, 3.63) is 23.8 Å². The molecule has 19 heavy (non-hydrogen) atoms. The van der Waals surface area contributed by atoms with Crippen LogP contribution in [0.15, 0.2) is 18.2 Å². The molecule has 0 atom stereocenters. The van der Waals surface area contributed by atoms with E-state index >= 15 is 0 Å². The van der Waals surface area contributed by atoms with E-state index in [1.165, 1.54) is 37.7 Å². The molecule has 3 heteroatoms. The lowest BCUT2D eigenvalue weighted by Gasteiger charge is -2.22. The van der Waals surface area contributed by atoms with E-state index in [1.807, 2.05) is 12.1 Å². The number of benzene rings is 1. The molecular formula is C16H25NO2. The Balaban J connectivity index is 1.94. The zero-order chi connectivity index (χ0) is 13.5. The first-order valence-corrected chi connectivity index (χ1v) is 7.33. The highest BCUT2D eigenvalue weighted by Gasteiger charge is 2.15. The van der Waals surface area contributed by atoms with Gasteiger partial charge in [-0.3, -0.25) is 0 Å². The molecule has 0 heterocycles. The fourth-order valence-electron chi connectivity index (χ4n) is 2.71. The van der Waals surface area contributed by atoms with E-state index in [1.54, 1.807) is 7.11 Å². The highest BCUT2D eigenvalue weighted by molar-refractivity contribution is 5.43. The summed E-state index contributed by atoms with van der Waals surface area (Å²) in [6.45, 7) is 1.47. The molecule has 0 aliphatic heterocycles. The predicted octanol–water partition coefficient (Wildman–Crippen LogP) is 3.16. The summed E-state index contributed by atoms with van der Waals surface area (Å²) in [6, 6.07) is 6.11. The molecule has 0 bridgehead atoms. The Morgan fingerprint density at radius 1 is 1.16 bits per heavy atom. The van der Waals surface area contributed by atoms with Gasteiger partial charge in [0.1, 0.15) is 0 Å². The maximum atomic E-state index is 5.94. The smallest absolute Gasteiger partial charge is 0.161 e. The maximum absolute atomic E-state index is 5.94. The molecule has 0 radical (unpaired) electrons. The summed E-state index contributed by atoms with van der Waals surface area (Å²) < 4.78 is 11.4. The van der Waals surface area contributed by atoms with Crippen LogP contribution in [0.25, 0.3) is 0 Å². The summed E-state index contributed by atoms with van der Waals surface area (Å²) in [5, 5.41) is 0. The van der Waals surface area contributed by atoms with Crippen LogP contribution in [0.1, 0.15) is 37.7 Å². The Labute approximate surface area is 116 Å². The molecule has 2 N–H and O–H groups in total. The van der Waals surface area contributed by atoms with E-state index in [2.05, 4.69) is 6.07 Å². The summed E-state index contributed by atoms with van der Waals surface area (Å²) in [5.74, 6) is 2.39. The van der Waals surface area contributed by atoms with Crippen molar-refractivity contribution in [1.29, 1.82) is 0 Å². The van der Waals surface area contributed by atoms with Crippen LogP contribution in [-0.4, -0.2) is 20.3 Å². The van der Waals surface area contributed by atoms with Gasteiger partial charge in [-0.2, -0.15) is 0 Å². The zero-order valence-corrected chi connectivity index (χ0v) is 11.9. The van der Waals surface area contributed by atoms with E-state index in [-0.39, 0.29) is 0 Å². The second kappa shape index (κ2) is 7.39.